The summed E-state index contributed by atoms with van der Waals surface area (Å²) in [6.07, 6.45) is -1.37. The van der Waals surface area contributed by atoms with Crippen LogP contribution < -0.4 is 21.3 Å². The lowest BCUT2D eigenvalue weighted by Crippen LogP contribution is -2.57. The van der Waals surface area contributed by atoms with Gasteiger partial charge in [-0.25, -0.2) is 4.98 Å². The van der Waals surface area contributed by atoms with Gasteiger partial charge in [-0.3, -0.25) is 33.2 Å². The third-order valence-electron chi connectivity index (χ3n) is 13.1. The number of aliphatic hydroxyl groups is 1. The van der Waals surface area contributed by atoms with Gasteiger partial charge in [0.05, 0.1) is 65.7 Å². The van der Waals surface area contributed by atoms with Crippen LogP contribution in [-0.4, -0.2) is 123 Å². The van der Waals surface area contributed by atoms with Gasteiger partial charge in [0.15, 0.2) is 5.65 Å². The van der Waals surface area contributed by atoms with E-state index in [1.807, 2.05) is 58.9 Å². The molecule has 3 aromatic heterocycles. The van der Waals surface area contributed by atoms with E-state index in [4.69, 9.17) is 9.47 Å². The average Bonchev–Trinajstić information content (AvgIpc) is 4.15. The molecule has 1 fully saturated rings. The number of β-amino-alcohol motifs (C(OH)–C–C–N with tert-alkyl or cyclic N) is 1. The van der Waals surface area contributed by atoms with Crippen LogP contribution in [0, 0.1) is 12.3 Å². The molecule has 21 heteroatoms. The van der Waals surface area contributed by atoms with Gasteiger partial charge in [0.2, 0.25) is 23.6 Å². The van der Waals surface area contributed by atoms with Crippen LogP contribution in [0.15, 0.2) is 78.4 Å². The summed E-state index contributed by atoms with van der Waals surface area (Å²) < 4.78 is 54.2. The summed E-state index contributed by atoms with van der Waals surface area (Å²) in [6, 6.07) is 15.7. The van der Waals surface area contributed by atoms with E-state index in [0.717, 1.165) is 44.6 Å². The molecule has 5 amide bonds. The predicted molar refractivity (Wildman–Crippen MR) is 279 cm³/mol. The number of amides is 5. The van der Waals surface area contributed by atoms with Gasteiger partial charge >= 0.3 is 6.18 Å². The zero-order valence-electron chi connectivity index (χ0n) is 43.1. The quantitative estimate of drug-likeness (QED) is 0.0409. The number of nitrogens with one attached hydrogen (secondary N) is 4. The number of alkyl halides is 3. The SMILES string of the molecule is Cc1ncsc1-c1ccc([C@H](C)NC(=O)[C@@H]2C[C@@H](O)CN2C(=O)[C@@H](NC(=O)CCCCCC(=O)NCCOCCOCCNC(=O)c2ccc3c(c2)c2cn(C)nc2n3-c2ccc(C(F)(F)F)cc2)C(C)(C)C)cc1. The molecule has 4 atom stereocenters. The fourth-order valence-corrected chi connectivity index (χ4v) is 9.91. The molecular formula is C54H66F3N9O8S. The lowest BCUT2D eigenvalue weighted by Gasteiger charge is -2.35. The summed E-state index contributed by atoms with van der Waals surface area (Å²) in [7, 11) is 1.75. The van der Waals surface area contributed by atoms with Crippen molar-refractivity contribution in [3.8, 4) is 16.1 Å². The molecule has 0 saturated carbocycles. The standard InChI is InChI=1S/C54H66F3N9O8S/c1-33(35-12-14-36(15-13-35)47-34(2)60-32-75-47)61-51(71)44-29-40(67)30-65(44)52(72)48(53(3,4)5)62-46(69)11-9-7-8-10-45(68)58-22-24-73-26-27-74-25-23-59-50(70)37-16-21-43-41(28-37)42-31-64(6)63-49(42)66(43)39-19-17-38(18-20-39)54(55,56)57/h12-21,28,31-33,40,44,48,67H,7-11,22-27,29-30H2,1-6H3,(H,58,68)(H,59,70)(H,61,71)(H,62,69)/t33-,40+,44-,48+/m0/s1. The van der Waals surface area contributed by atoms with E-state index in [1.165, 1.54) is 17.0 Å². The van der Waals surface area contributed by atoms with Gasteiger partial charge in [-0.1, -0.05) is 51.5 Å². The first-order valence-corrected chi connectivity index (χ1v) is 26.0. The van der Waals surface area contributed by atoms with Crippen molar-refractivity contribution in [1.29, 1.82) is 0 Å². The van der Waals surface area contributed by atoms with E-state index < -0.39 is 41.2 Å². The number of aromatic nitrogens is 4. The lowest BCUT2D eigenvalue weighted by atomic mass is 9.85. The van der Waals surface area contributed by atoms with E-state index in [0.29, 0.717) is 48.2 Å². The van der Waals surface area contributed by atoms with E-state index in [9.17, 15) is 42.3 Å². The molecule has 5 N–H and O–H groups in total. The van der Waals surface area contributed by atoms with E-state index in [1.54, 1.807) is 57.5 Å². The van der Waals surface area contributed by atoms with Crippen molar-refractivity contribution in [2.75, 3.05) is 46.1 Å². The lowest BCUT2D eigenvalue weighted by molar-refractivity contribution is -0.144. The number of aryl methyl sites for hydroxylation is 2. The first-order valence-electron chi connectivity index (χ1n) is 25.1. The minimum absolute atomic E-state index is 0.0257. The zero-order valence-corrected chi connectivity index (χ0v) is 43.9. The Labute approximate surface area is 437 Å². The number of ether oxygens (including phenoxy) is 2. The molecule has 7 rings (SSSR count). The molecule has 1 aliphatic heterocycles. The number of aliphatic hydroxyl groups excluding tert-OH is 1. The van der Waals surface area contributed by atoms with Crippen LogP contribution in [0.4, 0.5) is 13.2 Å². The molecule has 1 saturated heterocycles. The second kappa shape index (κ2) is 24.8. The molecule has 17 nitrogen and oxygen atoms in total. The highest BCUT2D eigenvalue weighted by atomic mass is 32.1. The smallest absolute Gasteiger partial charge is 0.391 e. The Kier molecular flexibility index (Phi) is 18.5. The molecule has 402 valence electrons. The van der Waals surface area contributed by atoms with Gasteiger partial charge in [0.1, 0.15) is 12.1 Å². The third-order valence-corrected chi connectivity index (χ3v) is 14.1. The molecule has 0 aliphatic carbocycles. The Morgan fingerprint density at radius 3 is 2.15 bits per heavy atom. The number of nitrogens with zero attached hydrogens (tertiary/aromatic N) is 5. The van der Waals surface area contributed by atoms with Gasteiger partial charge in [-0.15, -0.1) is 11.3 Å². The number of unbranched alkanes of at least 4 members (excludes halogenated alkanes) is 2. The highest BCUT2D eigenvalue weighted by Gasteiger charge is 2.44. The number of likely N-dealkylation sites (tertiary alicyclic amines) is 1. The fraction of sp³-hybridized carbons (Fsp3) is 0.463. The van der Waals surface area contributed by atoms with Crippen LogP contribution in [0.2, 0.25) is 0 Å². The summed E-state index contributed by atoms with van der Waals surface area (Å²) in [4.78, 5) is 73.1. The van der Waals surface area contributed by atoms with Crippen LogP contribution in [0.25, 0.3) is 38.1 Å². The highest BCUT2D eigenvalue weighted by molar-refractivity contribution is 7.13. The highest BCUT2D eigenvalue weighted by Crippen LogP contribution is 2.35. The van der Waals surface area contributed by atoms with Crippen LogP contribution in [0.3, 0.4) is 0 Å². The summed E-state index contributed by atoms with van der Waals surface area (Å²) in [5.74, 6) is -1.59. The maximum atomic E-state index is 14.1. The van der Waals surface area contributed by atoms with Crippen LogP contribution in [-0.2, 0) is 41.9 Å². The number of hydrogen-bond acceptors (Lipinski definition) is 11. The second-order valence-corrected chi connectivity index (χ2v) is 20.8. The van der Waals surface area contributed by atoms with Crippen molar-refractivity contribution in [2.24, 2.45) is 12.5 Å². The van der Waals surface area contributed by atoms with Gasteiger partial charge in [0.25, 0.3) is 5.91 Å². The second-order valence-electron chi connectivity index (χ2n) is 19.9. The Balaban J connectivity index is 0.743. The minimum atomic E-state index is -4.46. The molecule has 0 spiro atoms. The molecule has 4 heterocycles. The van der Waals surface area contributed by atoms with Gasteiger partial charge in [0, 0.05) is 74.2 Å². The number of carbonyl (C=O) groups is 5. The maximum absolute atomic E-state index is 14.1. The molecule has 75 heavy (non-hydrogen) atoms. The predicted octanol–water partition coefficient (Wildman–Crippen LogP) is 7.17. The van der Waals surface area contributed by atoms with Crippen molar-refractivity contribution in [3.63, 3.8) is 0 Å². The molecule has 0 unspecified atom stereocenters. The summed E-state index contributed by atoms with van der Waals surface area (Å²) in [6.45, 7) is 10.9. The molecule has 3 aromatic carbocycles. The third kappa shape index (κ3) is 14.4. The monoisotopic (exact) mass is 1060 g/mol. The topological polar surface area (TPSA) is 211 Å². The molecular weight excluding hydrogens is 992 g/mol. The average molecular weight is 1060 g/mol. The van der Waals surface area contributed by atoms with Crippen LogP contribution in [0.1, 0.15) is 99.4 Å². The Morgan fingerprint density at radius 1 is 0.840 bits per heavy atom. The minimum Gasteiger partial charge on any atom is -0.391 e. The first-order chi connectivity index (χ1) is 35.7. The number of thiazole rings is 1. The van der Waals surface area contributed by atoms with Gasteiger partial charge in [-0.05, 0) is 85.7 Å². The van der Waals surface area contributed by atoms with Crippen molar-refractivity contribution < 1.29 is 51.7 Å². The zero-order chi connectivity index (χ0) is 54.0. The van der Waals surface area contributed by atoms with Crippen molar-refractivity contribution in [3.05, 3.63) is 101 Å². The number of rotatable bonds is 23. The van der Waals surface area contributed by atoms with Gasteiger partial charge < -0.3 is 40.7 Å². The fourth-order valence-electron chi connectivity index (χ4n) is 9.10. The van der Waals surface area contributed by atoms with E-state index in [-0.39, 0.29) is 88.5 Å². The summed E-state index contributed by atoms with van der Waals surface area (Å²) in [5.41, 5.74) is 5.38. The van der Waals surface area contributed by atoms with E-state index in [2.05, 4.69) is 31.3 Å². The largest absolute Gasteiger partial charge is 0.416 e. The van der Waals surface area contributed by atoms with Gasteiger partial charge in [-0.2, -0.15) is 18.3 Å². The summed E-state index contributed by atoms with van der Waals surface area (Å²) >= 11 is 1.56. The van der Waals surface area contributed by atoms with Crippen LogP contribution in [0.5, 0.6) is 0 Å². The Bertz CT molecular complexity index is 2950. The molecule has 1 aliphatic rings. The van der Waals surface area contributed by atoms with Crippen molar-refractivity contribution >= 4 is 62.8 Å². The Hall–Kier alpha value is -6.68. The maximum Gasteiger partial charge on any atom is 0.416 e. The molecule has 0 radical (unpaired) electrons. The number of carbonyl (C=O) groups excluding carboxylic acids is 5. The number of hydrogen-bond donors (Lipinski definition) is 5. The normalized spacial score (nSPS) is 15.8. The number of benzene rings is 3. The van der Waals surface area contributed by atoms with Crippen LogP contribution >= 0.6 is 11.3 Å². The number of fused-ring (bicyclic) bond motifs is 3. The van der Waals surface area contributed by atoms with Crippen molar-refractivity contribution in [2.45, 2.75) is 104 Å². The Morgan fingerprint density at radius 2 is 1.51 bits per heavy atom. The first kappa shape index (κ1) is 56.1. The van der Waals surface area contributed by atoms with Crippen molar-refractivity contribution in [1.82, 2.24) is 45.5 Å². The number of halogens is 3. The molecule has 6 aromatic rings. The van der Waals surface area contributed by atoms with E-state index >= 15 is 0 Å². The summed E-state index contributed by atoms with van der Waals surface area (Å²) in [5, 5.41) is 28.2. The molecule has 0 bridgehead atoms.